The Bertz CT molecular complexity index is 458. The van der Waals surface area contributed by atoms with Gasteiger partial charge in [0.1, 0.15) is 11.6 Å². The lowest BCUT2D eigenvalue weighted by Crippen LogP contribution is -2.35. The minimum atomic E-state index is -4.57. The van der Waals surface area contributed by atoms with Gasteiger partial charge in [0.25, 0.3) is 0 Å². The van der Waals surface area contributed by atoms with Crippen molar-refractivity contribution in [1.29, 1.82) is 0 Å². The smallest absolute Gasteiger partial charge is 0.379 e. The first kappa shape index (κ1) is 13.9. The van der Waals surface area contributed by atoms with Gasteiger partial charge in [-0.2, -0.15) is 13.2 Å². The van der Waals surface area contributed by atoms with E-state index in [4.69, 9.17) is 4.74 Å². The molecule has 1 aliphatic heterocycles. The van der Waals surface area contributed by atoms with Gasteiger partial charge >= 0.3 is 6.18 Å². The van der Waals surface area contributed by atoms with E-state index in [-0.39, 0.29) is 11.6 Å². The van der Waals surface area contributed by atoms with Crippen molar-refractivity contribution in [2.45, 2.75) is 25.1 Å². The van der Waals surface area contributed by atoms with Crippen molar-refractivity contribution < 1.29 is 17.9 Å². The van der Waals surface area contributed by atoms with Crippen LogP contribution in [-0.4, -0.2) is 35.8 Å². The Morgan fingerprint density at radius 2 is 2.00 bits per heavy atom. The zero-order valence-corrected chi connectivity index (χ0v) is 10.6. The highest BCUT2D eigenvalue weighted by Crippen LogP contribution is 2.30. The molecule has 2 rings (SSSR count). The molecule has 19 heavy (non-hydrogen) atoms. The van der Waals surface area contributed by atoms with Crippen LogP contribution >= 0.6 is 0 Å². The molecule has 1 aromatic heterocycles. The standard InChI is InChI=1S/C11H15F3N4O/c1-10(3-4-19-6-10)18-8-5-7(15-2)16-9(17-8)11(12,13)14/h5H,3-4,6H2,1-2H3,(H2,15,16,17,18). The fourth-order valence-electron chi connectivity index (χ4n) is 1.84. The first-order valence-electron chi connectivity index (χ1n) is 5.82. The molecule has 2 heterocycles. The van der Waals surface area contributed by atoms with Crippen molar-refractivity contribution >= 4 is 11.6 Å². The average Bonchev–Trinajstić information content (AvgIpc) is 2.74. The fourth-order valence-corrected chi connectivity index (χ4v) is 1.84. The summed E-state index contributed by atoms with van der Waals surface area (Å²) >= 11 is 0. The molecule has 0 bridgehead atoms. The van der Waals surface area contributed by atoms with E-state index in [2.05, 4.69) is 20.6 Å². The third-order valence-corrected chi connectivity index (χ3v) is 2.88. The first-order valence-corrected chi connectivity index (χ1v) is 5.82. The van der Waals surface area contributed by atoms with E-state index in [0.29, 0.717) is 19.6 Å². The minimum Gasteiger partial charge on any atom is -0.379 e. The summed E-state index contributed by atoms with van der Waals surface area (Å²) in [6.45, 7) is 2.90. The third-order valence-electron chi connectivity index (χ3n) is 2.88. The lowest BCUT2D eigenvalue weighted by atomic mass is 10.0. The van der Waals surface area contributed by atoms with Crippen molar-refractivity contribution in [2.75, 3.05) is 30.9 Å². The molecule has 1 aliphatic rings. The third kappa shape index (κ3) is 3.25. The molecule has 1 fully saturated rings. The molecule has 1 atom stereocenters. The summed E-state index contributed by atoms with van der Waals surface area (Å²) < 4.78 is 43.3. The Hall–Kier alpha value is -1.57. The SMILES string of the molecule is CNc1cc(NC2(C)CCOC2)nc(C(F)(F)F)n1. The first-order chi connectivity index (χ1) is 8.82. The summed E-state index contributed by atoms with van der Waals surface area (Å²) in [5.41, 5.74) is -0.401. The number of rotatable bonds is 3. The van der Waals surface area contributed by atoms with E-state index >= 15 is 0 Å². The van der Waals surface area contributed by atoms with Crippen molar-refractivity contribution in [2.24, 2.45) is 0 Å². The van der Waals surface area contributed by atoms with E-state index in [9.17, 15) is 13.2 Å². The quantitative estimate of drug-likeness (QED) is 0.885. The van der Waals surface area contributed by atoms with Gasteiger partial charge in [-0.25, -0.2) is 9.97 Å². The molecular weight excluding hydrogens is 261 g/mol. The van der Waals surface area contributed by atoms with Crippen LogP contribution in [0.2, 0.25) is 0 Å². The van der Waals surface area contributed by atoms with Crippen LogP contribution in [0.3, 0.4) is 0 Å². The molecule has 1 aromatic rings. The van der Waals surface area contributed by atoms with Gasteiger partial charge < -0.3 is 15.4 Å². The molecule has 8 heteroatoms. The Balaban J connectivity index is 2.29. The Labute approximate surface area is 108 Å². The average molecular weight is 276 g/mol. The van der Waals surface area contributed by atoms with E-state index in [0.717, 1.165) is 0 Å². The molecule has 106 valence electrons. The highest BCUT2D eigenvalue weighted by Gasteiger charge is 2.36. The monoisotopic (exact) mass is 276 g/mol. The van der Waals surface area contributed by atoms with Crippen LogP contribution in [0.4, 0.5) is 24.8 Å². The van der Waals surface area contributed by atoms with Crippen molar-refractivity contribution in [3.63, 3.8) is 0 Å². The van der Waals surface area contributed by atoms with E-state index in [1.165, 1.54) is 13.1 Å². The lowest BCUT2D eigenvalue weighted by Gasteiger charge is -2.24. The van der Waals surface area contributed by atoms with Gasteiger partial charge in [-0.15, -0.1) is 0 Å². The number of alkyl halides is 3. The van der Waals surface area contributed by atoms with E-state index in [1.807, 2.05) is 6.92 Å². The number of aromatic nitrogens is 2. The Morgan fingerprint density at radius 3 is 2.53 bits per heavy atom. The van der Waals surface area contributed by atoms with Gasteiger partial charge in [-0.1, -0.05) is 0 Å². The normalized spacial score (nSPS) is 23.4. The van der Waals surface area contributed by atoms with Crippen LogP contribution in [-0.2, 0) is 10.9 Å². The molecule has 0 aromatic carbocycles. The second kappa shape index (κ2) is 4.84. The number of halogens is 3. The summed E-state index contributed by atoms with van der Waals surface area (Å²) in [5, 5.41) is 5.58. The highest BCUT2D eigenvalue weighted by atomic mass is 19.4. The molecule has 2 N–H and O–H groups in total. The van der Waals surface area contributed by atoms with Gasteiger partial charge in [-0.3, -0.25) is 0 Å². The molecule has 0 saturated carbocycles. The summed E-state index contributed by atoms with van der Waals surface area (Å²) in [6.07, 6.45) is -3.86. The molecular formula is C11H15F3N4O. The number of ether oxygens (including phenoxy) is 1. The van der Waals surface area contributed by atoms with E-state index < -0.39 is 17.5 Å². The molecule has 5 nitrogen and oxygen atoms in total. The number of anilines is 2. The van der Waals surface area contributed by atoms with Crippen LogP contribution in [0.25, 0.3) is 0 Å². The Morgan fingerprint density at radius 1 is 1.32 bits per heavy atom. The summed E-state index contributed by atoms with van der Waals surface area (Å²) in [7, 11) is 1.51. The summed E-state index contributed by atoms with van der Waals surface area (Å²) in [4.78, 5) is 6.92. The second-order valence-corrected chi connectivity index (χ2v) is 4.70. The Kier molecular flexibility index (Phi) is 3.53. The van der Waals surface area contributed by atoms with Gasteiger partial charge in [0.05, 0.1) is 12.1 Å². The minimum absolute atomic E-state index is 0.118. The topological polar surface area (TPSA) is 59.1 Å². The number of hydrogen-bond donors (Lipinski definition) is 2. The van der Waals surface area contributed by atoms with Crippen LogP contribution in [0.5, 0.6) is 0 Å². The number of hydrogen-bond acceptors (Lipinski definition) is 5. The maximum Gasteiger partial charge on any atom is 0.451 e. The van der Waals surface area contributed by atoms with Crippen LogP contribution in [0.1, 0.15) is 19.2 Å². The molecule has 1 saturated heterocycles. The molecule has 0 aliphatic carbocycles. The summed E-state index contributed by atoms with van der Waals surface area (Å²) in [5.74, 6) is -0.906. The lowest BCUT2D eigenvalue weighted by molar-refractivity contribution is -0.144. The molecule has 0 spiro atoms. The zero-order chi connectivity index (χ0) is 14.1. The fraction of sp³-hybridized carbons (Fsp3) is 0.636. The highest BCUT2D eigenvalue weighted by molar-refractivity contribution is 5.49. The van der Waals surface area contributed by atoms with Gasteiger partial charge in [0.15, 0.2) is 0 Å². The second-order valence-electron chi connectivity index (χ2n) is 4.70. The van der Waals surface area contributed by atoms with Gasteiger partial charge in [-0.05, 0) is 13.3 Å². The van der Waals surface area contributed by atoms with Crippen LogP contribution in [0, 0.1) is 0 Å². The van der Waals surface area contributed by atoms with Crippen molar-refractivity contribution in [1.82, 2.24) is 9.97 Å². The maximum absolute atomic E-state index is 12.7. The molecule has 0 radical (unpaired) electrons. The predicted octanol–water partition coefficient (Wildman–Crippen LogP) is 2.13. The predicted molar refractivity (Wildman–Crippen MR) is 64.0 cm³/mol. The number of nitrogens with zero attached hydrogens (tertiary/aromatic N) is 2. The van der Waals surface area contributed by atoms with E-state index in [1.54, 1.807) is 0 Å². The van der Waals surface area contributed by atoms with Crippen molar-refractivity contribution in [3.8, 4) is 0 Å². The largest absolute Gasteiger partial charge is 0.451 e. The van der Waals surface area contributed by atoms with Gasteiger partial charge in [0, 0.05) is 19.7 Å². The number of nitrogens with one attached hydrogen (secondary N) is 2. The maximum atomic E-state index is 12.7. The van der Waals surface area contributed by atoms with Crippen LogP contribution in [0.15, 0.2) is 6.07 Å². The van der Waals surface area contributed by atoms with Crippen molar-refractivity contribution in [3.05, 3.63) is 11.9 Å². The molecule has 1 unspecified atom stereocenters. The zero-order valence-electron chi connectivity index (χ0n) is 10.6. The van der Waals surface area contributed by atoms with Gasteiger partial charge in [0.2, 0.25) is 5.82 Å². The molecule has 0 amide bonds. The summed E-state index contributed by atoms with van der Waals surface area (Å²) in [6, 6.07) is 1.44. The van der Waals surface area contributed by atoms with Crippen LogP contribution < -0.4 is 10.6 Å².